The maximum absolute atomic E-state index is 13.0. The molecule has 3 aromatic rings. The van der Waals surface area contributed by atoms with Crippen molar-refractivity contribution in [3.8, 4) is 0 Å². The summed E-state index contributed by atoms with van der Waals surface area (Å²) in [6, 6.07) is 17.4. The van der Waals surface area contributed by atoms with Crippen molar-refractivity contribution in [1.29, 1.82) is 0 Å². The zero-order chi connectivity index (χ0) is 23.3. The van der Waals surface area contributed by atoms with Crippen LogP contribution in [0.25, 0.3) is 10.8 Å². The van der Waals surface area contributed by atoms with Gasteiger partial charge in [0, 0.05) is 25.4 Å². The molecule has 0 aliphatic rings. The molecule has 6 nitrogen and oxygen atoms in total. The number of carbonyl (C=O) groups is 3. The zero-order valence-electron chi connectivity index (χ0n) is 17.9. The van der Waals surface area contributed by atoms with Crippen molar-refractivity contribution in [3.63, 3.8) is 0 Å². The van der Waals surface area contributed by atoms with Gasteiger partial charge in [0.2, 0.25) is 11.8 Å². The molecule has 3 rings (SSSR count). The fraction of sp³-hybridized carbons (Fsp3) is 0.208. The second-order valence-electron chi connectivity index (χ2n) is 7.20. The SMILES string of the molecule is [2H]CC(=O)N(c1ccc2ccccc2c1)[C@@H](C)C(=O)N[C@H](Cc1ccc(Cl)cc1)C(=O)O. The van der Waals surface area contributed by atoms with Gasteiger partial charge in [-0.2, -0.15) is 0 Å². The van der Waals surface area contributed by atoms with Gasteiger partial charge in [-0.1, -0.05) is 54.1 Å². The van der Waals surface area contributed by atoms with E-state index in [1.807, 2.05) is 30.3 Å². The summed E-state index contributed by atoms with van der Waals surface area (Å²) in [7, 11) is 0. The van der Waals surface area contributed by atoms with Crippen molar-refractivity contribution in [2.24, 2.45) is 0 Å². The van der Waals surface area contributed by atoms with E-state index in [9.17, 15) is 19.5 Å². The molecule has 2 N–H and O–H groups in total. The fourth-order valence-electron chi connectivity index (χ4n) is 3.38. The van der Waals surface area contributed by atoms with Gasteiger partial charge in [-0.3, -0.25) is 9.59 Å². The number of anilines is 1. The van der Waals surface area contributed by atoms with Crippen LogP contribution < -0.4 is 10.2 Å². The van der Waals surface area contributed by atoms with E-state index >= 15 is 0 Å². The summed E-state index contributed by atoms with van der Waals surface area (Å²) in [5.41, 5.74) is 1.16. The third kappa shape index (κ3) is 5.41. The molecule has 3 aromatic carbocycles. The molecule has 7 heteroatoms. The number of nitrogens with one attached hydrogen (secondary N) is 1. The predicted octanol–water partition coefficient (Wildman–Crippen LogP) is 4.05. The third-order valence-electron chi connectivity index (χ3n) is 5.01. The molecule has 0 radical (unpaired) electrons. The molecular weight excluding hydrogens is 416 g/mol. The number of halogens is 1. The number of hydrogen-bond acceptors (Lipinski definition) is 3. The van der Waals surface area contributed by atoms with Crippen LogP contribution in [0, 0.1) is 0 Å². The van der Waals surface area contributed by atoms with Crippen LogP contribution in [0.3, 0.4) is 0 Å². The molecule has 2 amide bonds. The van der Waals surface area contributed by atoms with E-state index in [0.29, 0.717) is 16.3 Å². The number of hydrogen-bond donors (Lipinski definition) is 2. The van der Waals surface area contributed by atoms with E-state index in [1.165, 1.54) is 11.8 Å². The zero-order valence-corrected chi connectivity index (χ0v) is 17.7. The molecule has 0 fully saturated rings. The molecule has 0 aliphatic carbocycles. The van der Waals surface area contributed by atoms with E-state index in [2.05, 4.69) is 5.32 Å². The first-order valence-corrected chi connectivity index (χ1v) is 10.1. The molecule has 0 heterocycles. The number of amides is 2. The Kier molecular flexibility index (Phi) is 6.48. The minimum Gasteiger partial charge on any atom is -0.480 e. The molecule has 0 unspecified atom stereocenters. The molecule has 0 saturated carbocycles. The number of benzene rings is 3. The van der Waals surface area contributed by atoms with Gasteiger partial charge in [0.25, 0.3) is 0 Å². The normalized spacial score (nSPS) is 13.2. The summed E-state index contributed by atoms with van der Waals surface area (Å²) in [6.45, 7) is 0.969. The van der Waals surface area contributed by atoms with Gasteiger partial charge in [0.15, 0.2) is 0 Å². The Balaban J connectivity index is 1.83. The first kappa shape index (κ1) is 20.9. The van der Waals surface area contributed by atoms with Crippen molar-refractivity contribution < 1.29 is 20.9 Å². The number of fused-ring (bicyclic) bond motifs is 1. The van der Waals surface area contributed by atoms with Crippen LogP contribution in [0.1, 0.15) is 20.8 Å². The summed E-state index contributed by atoms with van der Waals surface area (Å²) in [5, 5.41) is 14.5. The van der Waals surface area contributed by atoms with Crippen LogP contribution in [-0.2, 0) is 20.8 Å². The smallest absolute Gasteiger partial charge is 0.326 e. The van der Waals surface area contributed by atoms with Crippen molar-refractivity contribution in [1.82, 2.24) is 5.32 Å². The second kappa shape index (κ2) is 9.62. The number of aliphatic carboxylic acids is 1. The highest BCUT2D eigenvalue weighted by Gasteiger charge is 2.29. The number of rotatable bonds is 7. The molecule has 2 atom stereocenters. The molecule has 0 aliphatic heterocycles. The fourth-order valence-corrected chi connectivity index (χ4v) is 3.50. The Hall–Kier alpha value is -3.38. The highest BCUT2D eigenvalue weighted by Crippen LogP contribution is 2.24. The predicted molar refractivity (Wildman–Crippen MR) is 121 cm³/mol. The summed E-state index contributed by atoms with van der Waals surface area (Å²) in [6.07, 6.45) is 0.0628. The summed E-state index contributed by atoms with van der Waals surface area (Å²) < 4.78 is 7.53. The standard InChI is InChI=1S/C24H23ClN2O4/c1-15(23(29)26-22(24(30)31)13-17-7-10-20(25)11-8-17)27(16(2)28)21-12-9-18-5-3-4-6-19(18)14-21/h3-12,14-15,22H,13H2,1-2H3,(H,26,29)(H,30,31)/t15-,22+/m0/s1/i2D. The Labute approximate surface area is 186 Å². The molecule has 31 heavy (non-hydrogen) atoms. The lowest BCUT2D eigenvalue weighted by atomic mass is 10.1. The Morgan fingerprint density at radius 3 is 2.39 bits per heavy atom. The molecule has 0 spiro atoms. The first-order chi connectivity index (χ1) is 15.3. The van der Waals surface area contributed by atoms with Crippen molar-refractivity contribution in [2.45, 2.75) is 32.3 Å². The van der Waals surface area contributed by atoms with Crippen LogP contribution in [0.4, 0.5) is 5.69 Å². The topological polar surface area (TPSA) is 86.7 Å². The van der Waals surface area contributed by atoms with Gasteiger partial charge in [0.1, 0.15) is 12.1 Å². The van der Waals surface area contributed by atoms with E-state index in [0.717, 1.165) is 10.8 Å². The number of carboxylic acid groups (broad SMARTS) is 1. The van der Waals surface area contributed by atoms with Crippen LogP contribution in [0.15, 0.2) is 66.7 Å². The monoisotopic (exact) mass is 439 g/mol. The van der Waals surface area contributed by atoms with Gasteiger partial charge in [-0.05, 0) is 47.5 Å². The van der Waals surface area contributed by atoms with Crippen LogP contribution in [0.2, 0.25) is 5.02 Å². The molecule has 0 saturated heterocycles. The summed E-state index contributed by atoms with van der Waals surface area (Å²) in [4.78, 5) is 38.5. The lowest BCUT2D eigenvalue weighted by Crippen LogP contribution is -2.52. The Morgan fingerprint density at radius 1 is 1.06 bits per heavy atom. The average Bonchev–Trinajstić information content (AvgIpc) is 2.79. The lowest BCUT2D eigenvalue weighted by Gasteiger charge is -2.29. The summed E-state index contributed by atoms with van der Waals surface area (Å²) >= 11 is 5.87. The van der Waals surface area contributed by atoms with Gasteiger partial charge in [-0.15, -0.1) is 0 Å². The van der Waals surface area contributed by atoms with E-state index in [4.69, 9.17) is 13.0 Å². The second-order valence-corrected chi connectivity index (χ2v) is 7.64. The van der Waals surface area contributed by atoms with Crippen LogP contribution >= 0.6 is 11.6 Å². The largest absolute Gasteiger partial charge is 0.480 e. The molecular formula is C24H23ClN2O4. The molecule has 0 bridgehead atoms. The van der Waals surface area contributed by atoms with Crippen LogP contribution in [0.5, 0.6) is 0 Å². The maximum atomic E-state index is 13.0. The number of carboxylic acids is 1. The average molecular weight is 440 g/mol. The number of carbonyl (C=O) groups excluding carboxylic acids is 2. The minimum atomic E-state index is -1.19. The molecule has 0 aromatic heterocycles. The van der Waals surface area contributed by atoms with E-state index < -0.39 is 36.8 Å². The Morgan fingerprint density at radius 2 is 1.74 bits per heavy atom. The van der Waals surface area contributed by atoms with Gasteiger partial charge in [-0.25, -0.2) is 4.79 Å². The maximum Gasteiger partial charge on any atom is 0.326 e. The first-order valence-electron chi connectivity index (χ1n) is 10.4. The number of nitrogens with zero attached hydrogens (tertiary/aromatic N) is 1. The van der Waals surface area contributed by atoms with Crippen molar-refractivity contribution in [2.75, 3.05) is 4.90 Å². The van der Waals surface area contributed by atoms with Crippen molar-refractivity contribution in [3.05, 3.63) is 77.3 Å². The van der Waals surface area contributed by atoms with Gasteiger partial charge in [0.05, 0.1) is 0 Å². The van der Waals surface area contributed by atoms with E-state index in [-0.39, 0.29) is 6.42 Å². The van der Waals surface area contributed by atoms with Crippen molar-refractivity contribution >= 4 is 45.8 Å². The quantitative estimate of drug-likeness (QED) is 0.581. The summed E-state index contributed by atoms with van der Waals surface area (Å²) in [5.74, 6) is -2.38. The van der Waals surface area contributed by atoms with E-state index in [1.54, 1.807) is 36.4 Å². The highest BCUT2D eigenvalue weighted by molar-refractivity contribution is 6.30. The van der Waals surface area contributed by atoms with Gasteiger partial charge < -0.3 is 15.3 Å². The van der Waals surface area contributed by atoms with Gasteiger partial charge >= 0.3 is 5.97 Å². The third-order valence-corrected chi connectivity index (χ3v) is 5.27. The Bertz CT molecular complexity index is 1140. The lowest BCUT2D eigenvalue weighted by molar-refractivity contribution is -0.142. The molecule has 160 valence electrons. The van der Waals surface area contributed by atoms with Crippen LogP contribution in [-0.4, -0.2) is 35.0 Å². The minimum absolute atomic E-state index is 0.0628. The highest BCUT2D eigenvalue weighted by atomic mass is 35.5.